The summed E-state index contributed by atoms with van der Waals surface area (Å²) in [7, 11) is 0. The molecule has 3 heteroatoms. The van der Waals surface area contributed by atoms with Crippen molar-refractivity contribution in [3.63, 3.8) is 0 Å². The summed E-state index contributed by atoms with van der Waals surface area (Å²) in [4.78, 5) is 10.6. The molecule has 2 fully saturated rings. The normalized spacial score (nSPS) is 46.1. The Labute approximate surface area is 72.2 Å². The van der Waals surface area contributed by atoms with E-state index in [9.17, 15) is 4.79 Å². The van der Waals surface area contributed by atoms with E-state index in [1.165, 1.54) is 0 Å². The second-order valence-electron chi connectivity index (χ2n) is 4.43. The lowest BCUT2D eigenvalue weighted by atomic mass is 9.61. The number of nitrogens with one attached hydrogen (secondary N) is 1. The van der Waals surface area contributed by atoms with Crippen LogP contribution in [-0.2, 0) is 4.79 Å². The molecule has 2 rings (SSSR count). The van der Waals surface area contributed by atoms with E-state index in [0.29, 0.717) is 11.5 Å². The summed E-state index contributed by atoms with van der Waals surface area (Å²) in [6.45, 7) is 3.20. The smallest absolute Gasteiger partial charge is 0.306 e. The Kier molecular flexibility index (Phi) is 1.65. The van der Waals surface area contributed by atoms with Crippen molar-refractivity contribution in [2.24, 2.45) is 11.3 Å². The standard InChI is InChI=1S/C9H15NO2/c1-6-2-9(5-10-6)3-7(4-9)8(11)12/h6-7,10H,2-5H2,1H3,(H,11,12). The van der Waals surface area contributed by atoms with Gasteiger partial charge >= 0.3 is 5.97 Å². The molecule has 0 aromatic carbocycles. The first kappa shape index (κ1) is 8.05. The molecule has 1 spiro atoms. The largest absolute Gasteiger partial charge is 0.481 e. The summed E-state index contributed by atoms with van der Waals surface area (Å²) in [5.74, 6) is -0.669. The predicted molar refractivity (Wildman–Crippen MR) is 44.9 cm³/mol. The van der Waals surface area contributed by atoms with Gasteiger partial charge in [-0.05, 0) is 31.6 Å². The second-order valence-corrected chi connectivity index (χ2v) is 4.43. The monoisotopic (exact) mass is 169 g/mol. The zero-order chi connectivity index (χ0) is 8.77. The molecule has 0 radical (unpaired) electrons. The maximum Gasteiger partial charge on any atom is 0.306 e. The Morgan fingerprint density at radius 3 is 2.58 bits per heavy atom. The molecule has 1 saturated heterocycles. The molecule has 1 atom stereocenters. The lowest BCUT2D eigenvalue weighted by molar-refractivity contribution is -0.149. The molecule has 12 heavy (non-hydrogen) atoms. The van der Waals surface area contributed by atoms with Gasteiger partial charge in [0.25, 0.3) is 0 Å². The van der Waals surface area contributed by atoms with Gasteiger partial charge in [0.2, 0.25) is 0 Å². The van der Waals surface area contributed by atoms with Gasteiger partial charge in [0.05, 0.1) is 5.92 Å². The van der Waals surface area contributed by atoms with E-state index in [0.717, 1.165) is 25.8 Å². The Morgan fingerprint density at radius 1 is 1.50 bits per heavy atom. The molecule has 2 N–H and O–H groups in total. The highest BCUT2D eigenvalue weighted by molar-refractivity contribution is 5.71. The molecule has 3 nitrogen and oxygen atoms in total. The number of carbonyl (C=O) groups is 1. The third-order valence-electron chi connectivity index (χ3n) is 3.27. The summed E-state index contributed by atoms with van der Waals surface area (Å²) in [5, 5.41) is 12.1. The maximum atomic E-state index is 10.6. The first-order valence-electron chi connectivity index (χ1n) is 4.57. The van der Waals surface area contributed by atoms with Gasteiger partial charge in [0, 0.05) is 12.6 Å². The first-order chi connectivity index (χ1) is 5.61. The Hall–Kier alpha value is -0.570. The highest BCUT2D eigenvalue weighted by Gasteiger charge is 2.50. The molecule has 0 aromatic rings. The number of hydrogen-bond donors (Lipinski definition) is 2. The van der Waals surface area contributed by atoms with Crippen LogP contribution >= 0.6 is 0 Å². The van der Waals surface area contributed by atoms with Gasteiger partial charge in [-0.15, -0.1) is 0 Å². The topological polar surface area (TPSA) is 49.3 Å². The van der Waals surface area contributed by atoms with Crippen molar-refractivity contribution in [1.82, 2.24) is 5.32 Å². The molecular weight excluding hydrogens is 154 g/mol. The number of aliphatic carboxylic acids is 1. The van der Waals surface area contributed by atoms with Crippen molar-refractivity contribution < 1.29 is 9.90 Å². The van der Waals surface area contributed by atoms with Gasteiger partial charge in [-0.3, -0.25) is 4.79 Å². The van der Waals surface area contributed by atoms with Crippen molar-refractivity contribution in [2.45, 2.75) is 32.2 Å². The molecule has 1 saturated carbocycles. The van der Waals surface area contributed by atoms with Crippen LogP contribution in [0.2, 0.25) is 0 Å². The van der Waals surface area contributed by atoms with Crippen LogP contribution in [0.25, 0.3) is 0 Å². The van der Waals surface area contributed by atoms with E-state index >= 15 is 0 Å². The molecule has 0 aromatic heterocycles. The van der Waals surface area contributed by atoms with Gasteiger partial charge < -0.3 is 10.4 Å². The van der Waals surface area contributed by atoms with Crippen LogP contribution in [0.3, 0.4) is 0 Å². The molecule has 0 amide bonds. The summed E-state index contributed by atoms with van der Waals surface area (Å²) >= 11 is 0. The van der Waals surface area contributed by atoms with Crippen molar-refractivity contribution in [2.75, 3.05) is 6.54 Å². The minimum Gasteiger partial charge on any atom is -0.481 e. The molecule has 1 aliphatic heterocycles. The Balaban J connectivity index is 1.91. The van der Waals surface area contributed by atoms with Crippen molar-refractivity contribution in [3.05, 3.63) is 0 Å². The summed E-state index contributed by atoms with van der Waals surface area (Å²) in [5.41, 5.74) is 0.350. The highest BCUT2D eigenvalue weighted by atomic mass is 16.4. The van der Waals surface area contributed by atoms with Gasteiger partial charge in [0.15, 0.2) is 0 Å². The average Bonchev–Trinajstić information content (AvgIpc) is 2.27. The van der Waals surface area contributed by atoms with E-state index in [-0.39, 0.29) is 5.92 Å². The van der Waals surface area contributed by atoms with Crippen LogP contribution in [-0.4, -0.2) is 23.7 Å². The molecule has 1 unspecified atom stereocenters. The van der Waals surface area contributed by atoms with Crippen LogP contribution in [0.4, 0.5) is 0 Å². The Morgan fingerprint density at radius 2 is 2.17 bits per heavy atom. The number of rotatable bonds is 1. The van der Waals surface area contributed by atoms with Crippen molar-refractivity contribution in [1.29, 1.82) is 0 Å². The fraction of sp³-hybridized carbons (Fsp3) is 0.889. The molecule has 1 heterocycles. The number of carboxylic acids is 1. The first-order valence-corrected chi connectivity index (χ1v) is 4.57. The third kappa shape index (κ3) is 1.12. The Bertz CT molecular complexity index is 209. The SMILES string of the molecule is CC1CC2(CN1)CC(C(=O)O)C2. The zero-order valence-electron chi connectivity index (χ0n) is 7.34. The lowest BCUT2D eigenvalue weighted by Gasteiger charge is -2.42. The van der Waals surface area contributed by atoms with Gasteiger partial charge in [-0.25, -0.2) is 0 Å². The highest BCUT2D eigenvalue weighted by Crippen LogP contribution is 2.50. The van der Waals surface area contributed by atoms with Crippen LogP contribution in [0.15, 0.2) is 0 Å². The van der Waals surface area contributed by atoms with Gasteiger partial charge in [-0.1, -0.05) is 0 Å². The van der Waals surface area contributed by atoms with Crippen LogP contribution in [0, 0.1) is 11.3 Å². The summed E-state index contributed by atoms with van der Waals surface area (Å²) in [6.07, 6.45) is 2.94. The van der Waals surface area contributed by atoms with E-state index < -0.39 is 5.97 Å². The molecular formula is C9H15NO2. The van der Waals surface area contributed by atoms with E-state index in [2.05, 4.69) is 12.2 Å². The average molecular weight is 169 g/mol. The summed E-state index contributed by atoms with van der Waals surface area (Å²) in [6, 6.07) is 0.583. The quantitative estimate of drug-likeness (QED) is 0.611. The fourth-order valence-corrected chi connectivity index (χ4v) is 2.66. The summed E-state index contributed by atoms with van der Waals surface area (Å²) < 4.78 is 0. The van der Waals surface area contributed by atoms with Crippen LogP contribution < -0.4 is 5.32 Å². The van der Waals surface area contributed by atoms with Gasteiger partial charge in [0.1, 0.15) is 0 Å². The number of hydrogen-bond acceptors (Lipinski definition) is 2. The zero-order valence-corrected chi connectivity index (χ0v) is 7.34. The van der Waals surface area contributed by atoms with Crippen molar-refractivity contribution >= 4 is 5.97 Å². The van der Waals surface area contributed by atoms with E-state index in [4.69, 9.17) is 5.11 Å². The predicted octanol–water partition coefficient (Wildman–Crippen LogP) is 0.849. The lowest BCUT2D eigenvalue weighted by Crippen LogP contribution is -2.42. The third-order valence-corrected chi connectivity index (χ3v) is 3.27. The maximum absolute atomic E-state index is 10.6. The van der Waals surface area contributed by atoms with Crippen LogP contribution in [0.1, 0.15) is 26.2 Å². The molecule has 2 aliphatic rings. The number of carboxylic acid groups (broad SMARTS) is 1. The van der Waals surface area contributed by atoms with Gasteiger partial charge in [-0.2, -0.15) is 0 Å². The fourth-order valence-electron chi connectivity index (χ4n) is 2.66. The minimum absolute atomic E-state index is 0.0582. The molecule has 0 bridgehead atoms. The molecule has 68 valence electrons. The second kappa shape index (κ2) is 2.46. The van der Waals surface area contributed by atoms with Crippen molar-refractivity contribution in [3.8, 4) is 0 Å². The van der Waals surface area contributed by atoms with Crippen LogP contribution in [0.5, 0.6) is 0 Å². The van der Waals surface area contributed by atoms with E-state index in [1.54, 1.807) is 0 Å². The van der Waals surface area contributed by atoms with E-state index in [1.807, 2.05) is 0 Å². The minimum atomic E-state index is -0.611. The molecule has 1 aliphatic carbocycles.